The molecule has 2 heteroatoms. The van der Waals surface area contributed by atoms with Crippen molar-refractivity contribution in [3.05, 3.63) is 47.5 Å². The first kappa shape index (κ1) is 13.0. The molecule has 0 aliphatic rings. The summed E-state index contributed by atoms with van der Waals surface area (Å²) in [6.07, 6.45) is 2.12. The van der Waals surface area contributed by atoms with Gasteiger partial charge in [0.05, 0.1) is 22.1 Å². The molecular formula is C18H20N2. The Kier molecular flexibility index (Phi) is 3.39. The molecule has 0 aliphatic carbocycles. The van der Waals surface area contributed by atoms with Crippen molar-refractivity contribution in [1.29, 1.82) is 0 Å². The molecule has 0 spiro atoms. The van der Waals surface area contributed by atoms with Crippen LogP contribution in [0.3, 0.4) is 0 Å². The number of rotatable bonds is 3. The molecule has 102 valence electrons. The zero-order chi connectivity index (χ0) is 14.1. The van der Waals surface area contributed by atoms with Gasteiger partial charge in [-0.2, -0.15) is 0 Å². The average molecular weight is 264 g/mol. The standard InChI is InChI=1S/C18H20N2/c1-4-13-5-7-15-17(10-13)20-18-11-14(9-12(2)3)6-8-16(18)19-15/h5-8,10-12H,4,9H2,1-3H3. The monoisotopic (exact) mass is 264 g/mol. The third-order valence-electron chi connectivity index (χ3n) is 3.61. The summed E-state index contributed by atoms with van der Waals surface area (Å²) in [5.41, 5.74) is 6.61. The molecule has 0 atom stereocenters. The van der Waals surface area contributed by atoms with E-state index in [4.69, 9.17) is 9.97 Å². The summed E-state index contributed by atoms with van der Waals surface area (Å²) in [5, 5.41) is 0. The number of aromatic nitrogens is 2. The van der Waals surface area contributed by atoms with Gasteiger partial charge in [0, 0.05) is 0 Å². The number of fused-ring (bicyclic) bond motifs is 2. The maximum atomic E-state index is 4.79. The second-order valence-electron chi connectivity index (χ2n) is 5.82. The van der Waals surface area contributed by atoms with E-state index in [0.717, 1.165) is 34.9 Å². The fourth-order valence-corrected chi connectivity index (χ4v) is 2.58. The summed E-state index contributed by atoms with van der Waals surface area (Å²) in [5.74, 6) is 0.660. The van der Waals surface area contributed by atoms with Gasteiger partial charge in [-0.3, -0.25) is 0 Å². The van der Waals surface area contributed by atoms with Crippen LogP contribution in [0.4, 0.5) is 0 Å². The van der Waals surface area contributed by atoms with Crippen LogP contribution in [-0.4, -0.2) is 9.97 Å². The van der Waals surface area contributed by atoms with Crippen molar-refractivity contribution in [1.82, 2.24) is 9.97 Å². The van der Waals surface area contributed by atoms with Gasteiger partial charge in [-0.05, 0) is 54.2 Å². The predicted octanol–water partition coefficient (Wildman–Crippen LogP) is 4.54. The Hall–Kier alpha value is -1.96. The van der Waals surface area contributed by atoms with Crippen LogP contribution in [0, 0.1) is 5.92 Å². The molecule has 1 aromatic heterocycles. The summed E-state index contributed by atoms with van der Waals surface area (Å²) in [4.78, 5) is 9.50. The number of hydrogen-bond acceptors (Lipinski definition) is 2. The Morgan fingerprint density at radius 1 is 0.800 bits per heavy atom. The minimum atomic E-state index is 0.660. The topological polar surface area (TPSA) is 25.8 Å². The van der Waals surface area contributed by atoms with Crippen molar-refractivity contribution in [2.24, 2.45) is 5.92 Å². The minimum absolute atomic E-state index is 0.660. The summed E-state index contributed by atoms with van der Waals surface area (Å²) in [6, 6.07) is 12.8. The van der Waals surface area contributed by atoms with E-state index in [2.05, 4.69) is 57.2 Å². The molecule has 3 aromatic rings. The summed E-state index contributed by atoms with van der Waals surface area (Å²) in [7, 11) is 0. The van der Waals surface area contributed by atoms with Crippen LogP contribution < -0.4 is 0 Å². The molecule has 0 amide bonds. The van der Waals surface area contributed by atoms with E-state index >= 15 is 0 Å². The second kappa shape index (κ2) is 5.20. The molecule has 2 aromatic carbocycles. The molecule has 2 nitrogen and oxygen atoms in total. The first-order chi connectivity index (χ1) is 9.65. The van der Waals surface area contributed by atoms with Crippen LogP contribution in [0.1, 0.15) is 31.9 Å². The molecule has 1 heterocycles. The lowest BCUT2D eigenvalue weighted by Gasteiger charge is -2.07. The quantitative estimate of drug-likeness (QED) is 0.649. The average Bonchev–Trinajstić information content (AvgIpc) is 2.43. The molecule has 0 fully saturated rings. The third-order valence-corrected chi connectivity index (χ3v) is 3.61. The van der Waals surface area contributed by atoms with Gasteiger partial charge in [-0.15, -0.1) is 0 Å². The maximum absolute atomic E-state index is 4.79. The highest BCUT2D eigenvalue weighted by molar-refractivity contribution is 5.86. The Labute approximate surface area is 119 Å². The summed E-state index contributed by atoms with van der Waals surface area (Å²) in [6.45, 7) is 6.64. The lowest BCUT2D eigenvalue weighted by molar-refractivity contribution is 0.647. The number of aryl methyl sites for hydroxylation is 1. The highest BCUT2D eigenvalue weighted by Crippen LogP contribution is 2.20. The molecule has 0 unspecified atom stereocenters. The van der Waals surface area contributed by atoms with Crippen LogP contribution in [-0.2, 0) is 12.8 Å². The molecule has 0 N–H and O–H groups in total. The van der Waals surface area contributed by atoms with Crippen LogP contribution in [0.5, 0.6) is 0 Å². The molecular weight excluding hydrogens is 244 g/mol. The van der Waals surface area contributed by atoms with Gasteiger partial charge in [0.25, 0.3) is 0 Å². The molecule has 0 saturated heterocycles. The van der Waals surface area contributed by atoms with Crippen molar-refractivity contribution in [2.75, 3.05) is 0 Å². The highest BCUT2D eigenvalue weighted by Gasteiger charge is 2.05. The van der Waals surface area contributed by atoms with Gasteiger partial charge < -0.3 is 0 Å². The summed E-state index contributed by atoms with van der Waals surface area (Å²) >= 11 is 0. The maximum Gasteiger partial charge on any atom is 0.0897 e. The first-order valence-electron chi connectivity index (χ1n) is 7.35. The van der Waals surface area contributed by atoms with E-state index in [9.17, 15) is 0 Å². The van der Waals surface area contributed by atoms with E-state index in [1.54, 1.807) is 0 Å². The largest absolute Gasteiger partial charge is 0.245 e. The molecule has 0 saturated carbocycles. The predicted molar refractivity (Wildman–Crippen MR) is 85.0 cm³/mol. The zero-order valence-corrected chi connectivity index (χ0v) is 12.4. The molecule has 0 aliphatic heterocycles. The summed E-state index contributed by atoms with van der Waals surface area (Å²) < 4.78 is 0. The van der Waals surface area contributed by atoms with Gasteiger partial charge >= 0.3 is 0 Å². The van der Waals surface area contributed by atoms with Gasteiger partial charge in [0.2, 0.25) is 0 Å². The molecule has 0 radical (unpaired) electrons. The fourth-order valence-electron chi connectivity index (χ4n) is 2.58. The SMILES string of the molecule is CCc1ccc2nc3ccc(CC(C)C)cc3nc2c1. The second-order valence-corrected chi connectivity index (χ2v) is 5.82. The van der Waals surface area contributed by atoms with Gasteiger partial charge in [0.1, 0.15) is 0 Å². The van der Waals surface area contributed by atoms with E-state index in [-0.39, 0.29) is 0 Å². The molecule has 0 bridgehead atoms. The van der Waals surface area contributed by atoms with E-state index in [1.165, 1.54) is 11.1 Å². The zero-order valence-electron chi connectivity index (χ0n) is 12.4. The Morgan fingerprint density at radius 2 is 1.35 bits per heavy atom. The van der Waals surface area contributed by atoms with Gasteiger partial charge in [-0.25, -0.2) is 9.97 Å². The smallest absolute Gasteiger partial charge is 0.0897 e. The number of nitrogens with zero attached hydrogens (tertiary/aromatic N) is 2. The van der Waals surface area contributed by atoms with Crippen molar-refractivity contribution in [3.63, 3.8) is 0 Å². The van der Waals surface area contributed by atoms with E-state index in [0.29, 0.717) is 5.92 Å². The van der Waals surface area contributed by atoms with E-state index in [1.807, 2.05) is 0 Å². The van der Waals surface area contributed by atoms with Crippen molar-refractivity contribution < 1.29 is 0 Å². The number of benzene rings is 2. The van der Waals surface area contributed by atoms with Crippen LogP contribution >= 0.6 is 0 Å². The molecule has 20 heavy (non-hydrogen) atoms. The van der Waals surface area contributed by atoms with Crippen LogP contribution in [0.25, 0.3) is 22.1 Å². The minimum Gasteiger partial charge on any atom is -0.245 e. The van der Waals surface area contributed by atoms with Gasteiger partial charge in [0.15, 0.2) is 0 Å². The lowest BCUT2D eigenvalue weighted by Crippen LogP contribution is -1.95. The van der Waals surface area contributed by atoms with E-state index < -0.39 is 0 Å². The number of hydrogen-bond donors (Lipinski definition) is 0. The van der Waals surface area contributed by atoms with Crippen LogP contribution in [0.2, 0.25) is 0 Å². The van der Waals surface area contributed by atoms with Crippen molar-refractivity contribution in [2.45, 2.75) is 33.6 Å². The van der Waals surface area contributed by atoms with Gasteiger partial charge in [-0.1, -0.05) is 32.9 Å². The Morgan fingerprint density at radius 3 is 1.95 bits per heavy atom. The lowest BCUT2D eigenvalue weighted by atomic mass is 10.0. The highest BCUT2D eigenvalue weighted by atomic mass is 14.8. The van der Waals surface area contributed by atoms with Crippen molar-refractivity contribution >= 4 is 22.1 Å². The molecule has 3 rings (SSSR count). The third kappa shape index (κ3) is 2.51. The fraction of sp³-hybridized carbons (Fsp3) is 0.333. The van der Waals surface area contributed by atoms with Crippen molar-refractivity contribution in [3.8, 4) is 0 Å². The van der Waals surface area contributed by atoms with Crippen LogP contribution in [0.15, 0.2) is 36.4 Å². The Bertz CT molecular complexity index is 760. The Balaban J connectivity index is 2.15. The first-order valence-corrected chi connectivity index (χ1v) is 7.35. The normalized spacial score (nSPS) is 11.6.